The number of fused-ring (bicyclic) bond motifs is 1. The van der Waals surface area contributed by atoms with Crippen molar-refractivity contribution in [3.63, 3.8) is 0 Å². The molecule has 4 rings (SSSR count). The molecule has 1 fully saturated rings. The van der Waals surface area contributed by atoms with Gasteiger partial charge in [0.15, 0.2) is 0 Å². The van der Waals surface area contributed by atoms with Crippen LogP contribution in [0.5, 0.6) is 0 Å². The van der Waals surface area contributed by atoms with Gasteiger partial charge in [0, 0.05) is 25.1 Å². The minimum atomic E-state index is -0.227. The Hall–Kier alpha value is -2.80. The summed E-state index contributed by atoms with van der Waals surface area (Å²) in [6, 6.07) is 5.83. The van der Waals surface area contributed by atoms with Gasteiger partial charge in [-0.05, 0) is 19.1 Å². The molecule has 4 heterocycles. The lowest BCUT2D eigenvalue weighted by Crippen LogP contribution is -2.43. The molecule has 1 saturated heterocycles. The number of aromatic nitrogens is 4. The molecule has 0 radical (unpaired) electrons. The fourth-order valence-corrected chi connectivity index (χ4v) is 3.16. The van der Waals surface area contributed by atoms with Crippen molar-refractivity contribution >= 4 is 11.6 Å². The zero-order valence-electron chi connectivity index (χ0n) is 14.0. The van der Waals surface area contributed by atoms with Crippen molar-refractivity contribution in [1.29, 1.82) is 0 Å². The number of amides is 1. The number of hydrogen-bond donors (Lipinski definition) is 0. The molecule has 0 saturated carbocycles. The minimum absolute atomic E-state index is 0.0749. The number of aryl methyl sites for hydroxylation is 1. The molecule has 25 heavy (non-hydrogen) atoms. The summed E-state index contributed by atoms with van der Waals surface area (Å²) < 4.78 is 7.74. The number of nitrogens with zero attached hydrogens (tertiary/aromatic N) is 5. The van der Waals surface area contributed by atoms with Crippen molar-refractivity contribution in [3.05, 3.63) is 60.1 Å². The second-order valence-electron chi connectivity index (χ2n) is 6.08. The van der Waals surface area contributed by atoms with E-state index in [1.165, 1.54) is 0 Å². The Morgan fingerprint density at radius 3 is 3.12 bits per heavy atom. The van der Waals surface area contributed by atoms with Crippen molar-refractivity contribution in [2.45, 2.75) is 19.4 Å². The Kier molecular flexibility index (Phi) is 4.15. The van der Waals surface area contributed by atoms with E-state index in [0.29, 0.717) is 26.1 Å². The molecule has 7 nitrogen and oxygen atoms in total. The van der Waals surface area contributed by atoms with Crippen LogP contribution in [0, 0.1) is 6.92 Å². The maximum Gasteiger partial charge on any atom is 0.228 e. The fourth-order valence-electron chi connectivity index (χ4n) is 3.16. The Morgan fingerprint density at radius 1 is 1.36 bits per heavy atom. The highest BCUT2D eigenvalue weighted by Crippen LogP contribution is 2.21. The van der Waals surface area contributed by atoms with Gasteiger partial charge in [0.1, 0.15) is 11.8 Å². The van der Waals surface area contributed by atoms with Crippen molar-refractivity contribution in [2.75, 3.05) is 19.7 Å². The zero-order chi connectivity index (χ0) is 17.2. The van der Waals surface area contributed by atoms with E-state index < -0.39 is 0 Å². The number of rotatable bonds is 3. The summed E-state index contributed by atoms with van der Waals surface area (Å²) in [5, 5.41) is 0. The predicted molar refractivity (Wildman–Crippen MR) is 90.9 cm³/mol. The molecule has 0 spiro atoms. The maximum atomic E-state index is 12.8. The summed E-state index contributed by atoms with van der Waals surface area (Å²) in [5.41, 5.74) is 3.44. The average molecular weight is 337 g/mol. The third-order valence-corrected chi connectivity index (χ3v) is 4.48. The van der Waals surface area contributed by atoms with Crippen molar-refractivity contribution in [1.82, 2.24) is 24.3 Å². The first-order valence-corrected chi connectivity index (χ1v) is 8.30. The maximum absolute atomic E-state index is 12.8. The normalized spacial score (nSPS) is 17.8. The van der Waals surface area contributed by atoms with Crippen LogP contribution in [0.2, 0.25) is 0 Å². The molecule has 1 aliphatic heterocycles. The van der Waals surface area contributed by atoms with E-state index in [-0.39, 0.29) is 12.0 Å². The van der Waals surface area contributed by atoms with Gasteiger partial charge in [0.25, 0.3) is 0 Å². The van der Waals surface area contributed by atoms with E-state index in [1.807, 2.05) is 40.6 Å². The Morgan fingerprint density at radius 2 is 2.28 bits per heavy atom. The third-order valence-electron chi connectivity index (χ3n) is 4.48. The van der Waals surface area contributed by atoms with Crippen LogP contribution in [0.3, 0.4) is 0 Å². The number of hydrogen-bond acceptors (Lipinski definition) is 5. The van der Waals surface area contributed by atoms with Gasteiger partial charge >= 0.3 is 0 Å². The van der Waals surface area contributed by atoms with Crippen molar-refractivity contribution in [3.8, 4) is 0 Å². The molecule has 0 aliphatic carbocycles. The van der Waals surface area contributed by atoms with Gasteiger partial charge in [0.2, 0.25) is 5.91 Å². The van der Waals surface area contributed by atoms with Crippen LogP contribution in [0.4, 0.5) is 0 Å². The van der Waals surface area contributed by atoms with Gasteiger partial charge in [0.05, 0.1) is 42.9 Å². The molecule has 128 valence electrons. The summed E-state index contributed by atoms with van der Waals surface area (Å²) in [5.74, 6) is 0.0749. The number of carbonyl (C=O) groups excluding carboxylic acids is 1. The van der Waals surface area contributed by atoms with E-state index in [4.69, 9.17) is 4.74 Å². The quantitative estimate of drug-likeness (QED) is 0.725. The van der Waals surface area contributed by atoms with Crippen LogP contribution in [0.15, 0.2) is 43.0 Å². The predicted octanol–water partition coefficient (Wildman–Crippen LogP) is 1.58. The van der Waals surface area contributed by atoms with Gasteiger partial charge in [-0.2, -0.15) is 0 Å². The van der Waals surface area contributed by atoms with Crippen LogP contribution < -0.4 is 0 Å². The first kappa shape index (κ1) is 15.7. The SMILES string of the molecule is Cc1nc2ccccn2c1CC(=O)N1CCOC(c2cnccn2)C1. The van der Waals surface area contributed by atoms with E-state index in [0.717, 1.165) is 22.7 Å². The van der Waals surface area contributed by atoms with Crippen LogP contribution in [0.25, 0.3) is 5.65 Å². The van der Waals surface area contributed by atoms with Gasteiger partial charge in [-0.25, -0.2) is 4.98 Å². The summed E-state index contributed by atoms with van der Waals surface area (Å²) in [6.45, 7) is 3.52. The third kappa shape index (κ3) is 3.10. The molecule has 1 atom stereocenters. The van der Waals surface area contributed by atoms with Crippen LogP contribution >= 0.6 is 0 Å². The van der Waals surface area contributed by atoms with Crippen molar-refractivity contribution < 1.29 is 9.53 Å². The summed E-state index contributed by atoms with van der Waals surface area (Å²) in [4.78, 5) is 27.6. The molecule has 0 aromatic carbocycles. The lowest BCUT2D eigenvalue weighted by molar-refractivity contribution is -0.138. The lowest BCUT2D eigenvalue weighted by atomic mass is 10.1. The fraction of sp³-hybridized carbons (Fsp3) is 0.333. The number of morpholine rings is 1. The van der Waals surface area contributed by atoms with Crippen LogP contribution in [-0.2, 0) is 16.0 Å². The summed E-state index contributed by atoms with van der Waals surface area (Å²) in [6.07, 6.45) is 7.00. The summed E-state index contributed by atoms with van der Waals surface area (Å²) in [7, 11) is 0. The van der Waals surface area contributed by atoms with E-state index in [9.17, 15) is 4.79 Å². The van der Waals surface area contributed by atoms with E-state index >= 15 is 0 Å². The van der Waals surface area contributed by atoms with Gasteiger partial charge < -0.3 is 14.0 Å². The molecule has 1 amide bonds. The number of pyridine rings is 1. The summed E-state index contributed by atoms with van der Waals surface area (Å²) >= 11 is 0. The van der Waals surface area contributed by atoms with Crippen LogP contribution in [0.1, 0.15) is 23.2 Å². The zero-order valence-corrected chi connectivity index (χ0v) is 14.0. The Bertz CT molecular complexity index is 893. The number of imidazole rings is 1. The molecule has 7 heteroatoms. The topological polar surface area (TPSA) is 72.6 Å². The van der Waals surface area contributed by atoms with E-state index in [1.54, 1.807) is 18.6 Å². The molecule has 1 unspecified atom stereocenters. The highest BCUT2D eigenvalue weighted by atomic mass is 16.5. The average Bonchev–Trinajstić information content (AvgIpc) is 2.98. The van der Waals surface area contributed by atoms with Crippen LogP contribution in [-0.4, -0.2) is 49.9 Å². The van der Waals surface area contributed by atoms with Gasteiger partial charge in [-0.3, -0.25) is 14.8 Å². The molecule has 1 aliphatic rings. The Balaban J connectivity index is 1.51. The monoisotopic (exact) mass is 337 g/mol. The van der Waals surface area contributed by atoms with Gasteiger partial charge in [-0.1, -0.05) is 6.07 Å². The van der Waals surface area contributed by atoms with E-state index in [2.05, 4.69) is 15.0 Å². The second kappa shape index (κ2) is 6.60. The lowest BCUT2D eigenvalue weighted by Gasteiger charge is -2.32. The smallest absolute Gasteiger partial charge is 0.228 e. The molecule has 0 N–H and O–H groups in total. The Labute approximate surface area is 145 Å². The van der Waals surface area contributed by atoms with Gasteiger partial charge in [-0.15, -0.1) is 0 Å². The van der Waals surface area contributed by atoms with Crippen molar-refractivity contribution in [2.24, 2.45) is 0 Å². The highest BCUT2D eigenvalue weighted by molar-refractivity contribution is 5.79. The molecule has 0 bridgehead atoms. The standard InChI is InChI=1S/C18H19N5O2/c1-13-15(23-7-3-2-4-17(23)21-13)10-18(24)22-8-9-25-16(12-22)14-11-19-5-6-20-14/h2-7,11,16H,8-10,12H2,1H3. The first-order valence-electron chi connectivity index (χ1n) is 8.30. The second-order valence-corrected chi connectivity index (χ2v) is 6.08. The largest absolute Gasteiger partial charge is 0.368 e. The molecule has 3 aromatic rings. The first-order chi connectivity index (χ1) is 12.2. The number of carbonyl (C=O) groups is 1. The molecule has 3 aromatic heterocycles. The number of ether oxygens (including phenoxy) is 1. The molecular formula is C18H19N5O2. The molecular weight excluding hydrogens is 318 g/mol. The highest BCUT2D eigenvalue weighted by Gasteiger charge is 2.27. The minimum Gasteiger partial charge on any atom is -0.368 e.